The third kappa shape index (κ3) is 5.59. The molecule has 1 fully saturated rings. The first-order valence-electron chi connectivity index (χ1n) is 10.2. The number of piperidine rings is 1. The normalized spacial score (nSPS) is 15.7. The Bertz CT molecular complexity index is 970. The lowest BCUT2D eigenvalue weighted by atomic mass is 10.0. The number of carbonyl (C=O) groups is 1. The predicted molar refractivity (Wildman–Crippen MR) is 116 cm³/mol. The van der Waals surface area contributed by atoms with Gasteiger partial charge in [0.1, 0.15) is 5.75 Å². The first-order chi connectivity index (χ1) is 14.4. The summed E-state index contributed by atoms with van der Waals surface area (Å²) in [5.41, 5.74) is 1.51. The fourth-order valence-electron chi connectivity index (χ4n) is 3.66. The summed E-state index contributed by atoms with van der Waals surface area (Å²) < 4.78 is 32.2. The van der Waals surface area contributed by atoms with Gasteiger partial charge in [-0.1, -0.05) is 31.2 Å². The molecule has 0 bridgehead atoms. The number of amides is 1. The number of carbonyl (C=O) groups excluding carboxylic acids is 1. The summed E-state index contributed by atoms with van der Waals surface area (Å²) in [6, 6.07) is 14.2. The Morgan fingerprint density at radius 3 is 2.57 bits per heavy atom. The first kappa shape index (κ1) is 22.3. The Morgan fingerprint density at radius 2 is 1.87 bits per heavy atom. The minimum absolute atomic E-state index is 0.0699. The summed E-state index contributed by atoms with van der Waals surface area (Å²) in [5.74, 6) is 0.645. The van der Waals surface area contributed by atoms with Gasteiger partial charge in [-0.3, -0.25) is 9.69 Å². The monoisotopic (exact) mass is 431 g/mol. The van der Waals surface area contributed by atoms with Crippen LogP contribution in [0.4, 0.5) is 0 Å². The second-order valence-electron chi connectivity index (χ2n) is 7.36. The molecule has 1 aliphatic heterocycles. The standard InChI is InChI=1S/C22H29N3O4S/c1-3-23-30(27,28)20-9-6-8-17(15-20)22(26)24-19-11-13-25(14-12-19)16-18-7-4-5-10-21(18)29-2/h4-10,15,19,23H,3,11-14,16H2,1-2H3,(H,24,26). The molecule has 30 heavy (non-hydrogen) atoms. The number of nitrogens with one attached hydrogen (secondary N) is 2. The van der Waals surface area contributed by atoms with Crippen LogP contribution in [0.25, 0.3) is 0 Å². The van der Waals surface area contributed by atoms with E-state index in [0.29, 0.717) is 12.1 Å². The van der Waals surface area contributed by atoms with Crippen molar-refractivity contribution in [2.75, 3.05) is 26.7 Å². The number of para-hydroxylation sites is 1. The van der Waals surface area contributed by atoms with Crippen molar-refractivity contribution in [2.45, 2.75) is 37.2 Å². The van der Waals surface area contributed by atoms with Crippen molar-refractivity contribution in [1.82, 2.24) is 14.9 Å². The Hall–Kier alpha value is -2.42. The summed E-state index contributed by atoms with van der Waals surface area (Å²) in [4.78, 5) is 15.1. The molecule has 2 N–H and O–H groups in total. The highest BCUT2D eigenvalue weighted by atomic mass is 32.2. The van der Waals surface area contributed by atoms with Gasteiger partial charge in [-0.15, -0.1) is 0 Å². The van der Waals surface area contributed by atoms with Crippen LogP contribution in [0.1, 0.15) is 35.7 Å². The van der Waals surface area contributed by atoms with Crippen molar-refractivity contribution in [3.63, 3.8) is 0 Å². The lowest BCUT2D eigenvalue weighted by molar-refractivity contribution is 0.0908. The van der Waals surface area contributed by atoms with Gasteiger partial charge in [-0.2, -0.15) is 0 Å². The van der Waals surface area contributed by atoms with Crippen molar-refractivity contribution >= 4 is 15.9 Å². The van der Waals surface area contributed by atoms with E-state index in [1.165, 1.54) is 12.1 Å². The average Bonchev–Trinajstić information content (AvgIpc) is 2.75. The van der Waals surface area contributed by atoms with E-state index in [0.717, 1.165) is 43.8 Å². The largest absolute Gasteiger partial charge is 0.496 e. The van der Waals surface area contributed by atoms with Crippen molar-refractivity contribution < 1.29 is 17.9 Å². The molecule has 0 aliphatic carbocycles. The van der Waals surface area contributed by atoms with E-state index in [9.17, 15) is 13.2 Å². The molecule has 3 rings (SSSR count). The van der Waals surface area contributed by atoms with E-state index in [1.54, 1.807) is 26.2 Å². The molecule has 0 unspecified atom stereocenters. The zero-order chi connectivity index (χ0) is 21.6. The summed E-state index contributed by atoms with van der Waals surface area (Å²) in [6.45, 7) is 4.57. The number of hydrogen-bond donors (Lipinski definition) is 2. The SMILES string of the molecule is CCNS(=O)(=O)c1cccc(C(=O)NC2CCN(Cc3ccccc3OC)CC2)c1. The lowest BCUT2D eigenvalue weighted by Crippen LogP contribution is -2.44. The van der Waals surface area contributed by atoms with Crippen molar-refractivity contribution in [2.24, 2.45) is 0 Å². The maximum absolute atomic E-state index is 12.6. The number of hydrogen-bond acceptors (Lipinski definition) is 5. The fraction of sp³-hybridized carbons (Fsp3) is 0.409. The molecular weight excluding hydrogens is 402 g/mol. The van der Waals surface area contributed by atoms with E-state index in [1.807, 2.05) is 18.2 Å². The summed E-state index contributed by atoms with van der Waals surface area (Å²) in [7, 11) is -1.91. The molecule has 1 heterocycles. The van der Waals surface area contributed by atoms with Gasteiger partial charge in [0.05, 0.1) is 12.0 Å². The number of rotatable bonds is 8. The molecule has 162 valence electrons. The van der Waals surface area contributed by atoms with Crippen LogP contribution in [0.3, 0.4) is 0 Å². The van der Waals surface area contributed by atoms with Crippen LogP contribution in [0.15, 0.2) is 53.4 Å². The summed E-state index contributed by atoms with van der Waals surface area (Å²) in [5, 5.41) is 3.05. The van der Waals surface area contributed by atoms with Gasteiger partial charge in [-0.05, 0) is 37.1 Å². The van der Waals surface area contributed by atoms with Gasteiger partial charge in [0.15, 0.2) is 0 Å². The molecule has 2 aromatic rings. The smallest absolute Gasteiger partial charge is 0.251 e. The zero-order valence-electron chi connectivity index (χ0n) is 17.4. The van der Waals surface area contributed by atoms with Crippen molar-refractivity contribution in [3.05, 3.63) is 59.7 Å². The van der Waals surface area contributed by atoms with Gasteiger partial charge in [0.25, 0.3) is 5.91 Å². The van der Waals surface area contributed by atoms with Gasteiger partial charge in [0, 0.05) is 43.3 Å². The Labute approximate surface area is 178 Å². The van der Waals surface area contributed by atoms with Crippen LogP contribution in [0.5, 0.6) is 5.75 Å². The van der Waals surface area contributed by atoms with Gasteiger partial charge in [-0.25, -0.2) is 13.1 Å². The number of methoxy groups -OCH3 is 1. The molecule has 8 heteroatoms. The van der Waals surface area contributed by atoms with Crippen molar-refractivity contribution in [3.8, 4) is 5.75 Å². The molecule has 0 spiro atoms. The van der Waals surface area contributed by atoms with Gasteiger partial charge >= 0.3 is 0 Å². The molecule has 1 aliphatic rings. The molecular formula is C22H29N3O4S. The Kier molecular flexibility index (Phi) is 7.47. The highest BCUT2D eigenvalue weighted by Gasteiger charge is 2.22. The average molecular weight is 432 g/mol. The number of sulfonamides is 1. The fourth-order valence-corrected chi connectivity index (χ4v) is 4.74. The summed E-state index contributed by atoms with van der Waals surface area (Å²) >= 11 is 0. The maximum atomic E-state index is 12.6. The highest BCUT2D eigenvalue weighted by molar-refractivity contribution is 7.89. The second kappa shape index (κ2) is 10.1. The molecule has 0 radical (unpaired) electrons. The van der Waals surface area contributed by atoms with Crippen LogP contribution in [-0.4, -0.2) is 52.0 Å². The van der Waals surface area contributed by atoms with Crippen LogP contribution in [-0.2, 0) is 16.6 Å². The third-order valence-electron chi connectivity index (χ3n) is 5.25. The lowest BCUT2D eigenvalue weighted by Gasteiger charge is -2.32. The number of ether oxygens (including phenoxy) is 1. The minimum Gasteiger partial charge on any atom is -0.496 e. The third-order valence-corrected chi connectivity index (χ3v) is 6.79. The minimum atomic E-state index is -3.59. The Balaban J connectivity index is 1.56. The van der Waals surface area contributed by atoms with Gasteiger partial charge < -0.3 is 10.1 Å². The molecule has 0 aromatic heterocycles. The topological polar surface area (TPSA) is 87.7 Å². The van der Waals surface area contributed by atoms with E-state index in [2.05, 4.69) is 21.0 Å². The van der Waals surface area contributed by atoms with Crippen molar-refractivity contribution in [1.29, 1.82) is 0 Å². The number of benzene rings is 2. The first-order valence-corrected chi connectivity index (χ1v) is 11.7. The van der Waals surface area contributed by atoms with Gasteiger partial charge in [0.2, 0.25) is 10.0 Å². The van der Waals surface area contributed by atoms with Crippen LogP contribution < -0.4 is 14.8 Å². The molecule has 1 amide bonds. The van der Waals surface area contributed by atoms with E-state index < -0.39 is 10.0 Å². The molecule has 2 aromatic carbocycles. The van der Waals surface area contributed by atoms with Crippen LogP contribution in [0, 0.1) is 0 Å². The number of nitrogens with zero attached hydrogens (tertiary/aromatic N) is 1. The molecule has 1 saturated heterocycles. The maximum Gasteiger partial charge on any atom is 0.251 e. The Morgan fingerprint density at radius 1 is 1.13 bits per heavy atom. The second-order valence-corrected chi connectivity index (χ2v) is 9.13. The molecule has 7 nitrogen and oxygen atoms in total. The number of likely N-dealkylation sites (tertiary alicyclic amines) is 1. The van der Waals surface area contributed by atoms with E-state index >= 15 is 0 Å². The highest BCUT2D eigenvalue weighted by Crippen LogP contribution is 2.21. The van der Waals surface area contributed by atoms with E-state index in [-0.39, 0.29) is 16.8 Å². The van der Waals surface area contributed by atoms with Crippen LogP contribution >= 0.6 is 0 Å². The molecule has 0 atom stereocenters. The molecule has 0 saturated carbocycles. The zero-order valence-corrected chi connectivity index (χ0v) is 18.2. The quantitative estimate of drug-likeness (QED) is 0.670. The van der Waals surface area contributed by atoms with E-state index in [4.69, 9.17) is 4.74 Å². The predicted octanol–water partition coefficient (Wildman–Crippen LogP) is 2.39. The summed E-state index contributed by atoms with van der Waals surface area (Å²) in [6.07, 6.45) is 1.69. The van der Waals surface area contributed by atoms with Crippen LogP contribution in [0.2, 0.25) is 0 Å².